The van der Waals surface area contributed by atoms with Crippen LogP contribution < -0.4 is 4.90 Å². The molecule has 1 amide bonds. The van der Waals surface area contributed by atoms with E-state index in [0.29, 0.717) is 12.6 Å². The smallest absolute Gasteiger partial charge is 0.241 e. The Labute approximate surface area is 121 Å². The summed E-state index contributed by atoms with van der Waals surface area (Å²) in [5, 5.41) is 0. The molecule has 2 heterocycles. The molecule has 3 rings (SSSR count). The SMILES string of the molecule is CC1Cc2ccccc2N1C(=O)CN1CCCCCC1. The number of rotatable bonds is 2. The highest BCUT2D eigenvalue weighted by molar-refractivity contribution is 5.97. The quantitative estimate of drug-likeness (QED) is 0.826. The average molecular weight is 272 g/mol. The van der Waals surface area contributed by atoms with Crippen LogP contribution in [-0.4, -0.2) is 36.5 Å². The molecule has 0 saturated carbocycles. The minimum absolute atomic E-state index is 0.268. The number of hydrogen-bond acceptors (Lipinski definition) is 2. The predicted molar refractivity (Wildman–Crippen MR) is 82.0 cm³/mol. The summed E-state index contributed by atoms with van der Waals surface area (Å²) in [5.41, 5.74) is 2.43. The zero-order chi connectivity index (χ0) is 13.9. The second kappa shape index (κ2) is 5.96. The number of carbonyl (C=O) groups excluding carboxylic acids is 1. The second-order valence-corrected chi connectivity index (χ2v) is 6.14. The molecule has 3 heteroatoms. The van der Waals surface area contributed by atoms with Gasteiger partial charge in [0, 0.05) is 11.7 Å². The van der Waals surface area contributed by atoms with Crippen molar-refractivity contribution in [3.05, 3.63) is 29.8 Å². The van der Waals surface area contributed by atoms with Crippen LogP contribution in [0, 0.1) is 0 Å². The Bertz CT molecular complexity index is 478. The third kappa shape index (κ3) is 2.73. The molecule has 1 aromatic carbocycles. The second-order valence-electron chi connectivity index (χ2n) is 6.14. The number of fused-ring (bicyclic) bond motifs is 1. The van der Waals surface area contributed by atoms with E-state index in [1.54, 1.807) is 0 Å². The molecule has 108 valence electrons. The molecular formula is C17H24N2O. The number of anilines is 1. The van der Waals surface area contributed by atoms with Crippen LogP contribution in [0.25, 0.3) is 0 Å². The fourth-order valence-corrected chi connectivity index (χ4v) is 3.51. The van der Waals surface area contributed by atoms with Crippen molar-refractivity contribution in [1.29, 1.82) is 0 Å². The molecule has 1 aromatic rings. The number of nitrogens with zero attached hydrogens (tertiary/aromatic N) is 2. The lowest BCUT2D eigenvalue weighted by Crippen LogP contribution is -2.43. The van der Waals surface area contributed by atoms with Gasteiger partial charge in [-0.15, -0.1) is 0 Å². The van der Waals surface area contributed by atoms with E-state index in [9.17, 15) is 4.79 Å². The first-order valence-electron chi connectivity index (χ1n) is 7.88. The third-order valence-corrected chi connectivity index (χ3v) is 4.53. The van der Waals surface area contributed by atoms with E-state index in [4.69, 9.17) is 0 Å². The zero-order valence-electron chi connectivity index (χ0n) is 12.3. The molecule has 2 aliphatic heterocycles. The molecule has 1 atom stereocenters. The summed E-state index contributed by atoms with van der Waals surface area (Å²) in [4.78, 5) is 17.0. The summed E-state index contributed by atoms with van der Waals surface area (Å²) >= 11 is 0. The molecule has 0 bridgehead atoms. The lowest BCUT2D eigenvalue weighted by molar-refractivity contribution is -0.120. The van der Waals surface area contributed by atoms with Gasteiger partial charge in [-0.25, -0.2) is 0 Å². The van der Waals surface area contributed by atoms with Gasteiger partial charge < -0.3 is 4.90 Å². The Kier molecular flexibility index (Phi) is 4.06. The topological polar surface area (TPSA) is 23.6 Å². The molecule has 1 fully saturated rings. The standard InChI is InChI=1S/C17H24N2O/c1-14-12-15-8-4-5-9-16(15)19(14)17(20)13-18-10-6-2-3-7-11-18/h4-5,8-9,14H,2-3,6-7,10-13H2,1H3. The van der Waals surface area contributed by atoms with Gasteiger partial charge in [0.25, 0.3) is 0 Å². The van der Waals surface area contributed by atoms with Gasteiger partial charge in [0.1, 0.15) is 0 Å². The Morgan fingerprint density at radius 2 is 1.85 bits per heavy atom. The Morgan fingerprint density at radius 3 is 2.60 bits per heavy atom. The number of carbonyl (C=O) groups is 1. The van der Waals surface area contributed by atoms with Gasteiger partial charge in [0.15, 0.2) is 0 Å². The highest BCUT2D eigenvalue weighted by atomic mass is 16.2. The minimum Gasteiger partial charge on any atom is -0.308 e. The van der Waals surface area contributed by atoms with E-state index in [2.05, 4.69) is 30.0 Å². The number of amides is 1. The first kappa shape index (κ1) is 13.6. The first-order valence-corrected chi connectivity index (χ1v) is 7.88. The summed E-state index contributed by atoms with van der Waals surface area (Å²) in [7, 11) is 0. The normalized spacial score (nSPS) is 23.4. The summed E-state index contributed by atoms with van der Waals surface area (Å²) in [6.07, 6.45) is 6.09. The fourth-order valence-electron chi connectivity index (χ4n) is 3.51. The predicted octanol–water partition coefficient (Wildman–Crippen LogP) is 2.84. The first-order chi connectivity index (χ1) is 9.75. The van der Waals surface area contributed by atoms with Gasteiger partial charge in [0.05, 0.1) is 6.54 Å². The van der Waals surface area contributed by atoms with E-state index in [0.717, 1.165) is 25.2 Å². The van der Waals surface area contributed by atoms with Crippen molar-refractivity contribution in [2.24, 2.45) is 0 Å². The summed E-state index contributed by atoms with van der Waals surface area (Å²) < 4.78 is 0. The molecular weight excluding hydrogens is 248 g/mol. The van der Waals surface area contributed by atoms with Crippen LogP contribution in [0.5, 0.6) is 0 Å². The van der Waals surface area contributed by atoms with E-state index in [-0.39, 0.29) is 5.91 Å². The van der Waals surface area contributed by atoms with Crippen LogP contribution in [0.4, 0.5) is 5.69 Å². The molecule has 1 saturated heterocycles. The highest BCUT2D eigenvalue weighted by Crippen LogP contribution is 2.31. The van der Waals surface area contributed by atoms with Crippen LogP contribution in [0.2, 0.25) is 0 Å². The van der Waals surface area contributed by atoms with Crippen LogP contribution in [-0.2, 0) is 11.2 Å². The van der Waals surface area contributed by atoms with Crippen molar-refractivity contribution in [1.82, 2.24) is 4.90 Å². The number of para-hydroxylation sites is 1. The molecule has 1 unspecified atom stereocenters. The lowest BCUT2D eigenvalue weighted by atomic mass is 10.1. The zero-order valence-corrected chi connectivity index (χ0v) is 12.3. The van der Waals surface area contributed by atoms with Gasteiger partial charge >= 0.3 is 0 Å². The lowest BCUT2D eigenvalue weighted by Gasteiger charge is -2.27. The number of likely N-dealkylation sites (tertiary alicyclic amines) is 1. The van der Waals surface area contributed by atoms with Crippen molar-refractivity contribution in [2.75, 3.05) is 24.5 Å². The summed E-state index contributed by atoms with van der Waals surface area (Å²) in [6, 6.07) is 8.62. The number of benzene rings is 1. The molecule has 0 radical (unpaired) electrons. The minimum atomic E-state index is 0.268. The van der Waals surface area contributed by atoms with Gasteiger partial charge in [-0.05, 0) is 50.9 Å². The fraction of sp³-hybridized carbons (Fsp3) is 0.588. The molecule has 20 heavy (non-hydrogen) atoms. The summed E-state index contributed by atoms with van der Waals surface area (Å²) in [6.45, 7) is 4.89. The molecule has 0 aromatic heterocycles. The van der Waals surface area contributed by atoms with Crippen molar-refractivity contribution in [3.63, 3.8) is 0 Å². The molecule has 3 nitrogen and oxygen atoms in total. The average Bonchev–Trinajstić information content (AvgIpc) is 2.60. The van der Waals surface area contributed by atoms with Crippen LogP contribution >= 0.6 is 0 Å². The van der Waals surface area contributed by atoms with Crippen molar-refractivity contribution in [2.45, 2.75) is 45.1 Å². The van der Waals surface area contributed by atoms with E-state index in [1.165, 1.54) is 31.2 Å². The maximum atomic E-state index is 12.7. The molecule has 0 spiro atoms. The molecule has 0 N–H and O–H groups in total. The largest absolute Gasteiger partial charge is 0.308 e. The van der Waals surface area contributed by atoms with Crippen molar-refractivity contribution < 1.29 is 4.79 Å². The monoisotopic (exact) mass is 272 g/mol. The van der Waals surface area contributed by atoms with E-state index in [1.807, 2.05) is 11.0 Å². The van der Waals surface area contributed by atoms with Crippen LogP contribution in [0.15, 0.2) is 24.3 Å². The van der Waals surface area contributed by atoms with Crippen LogP contribution in [0.3, 0.4) is 0 Å². The van der Waals surface area contributed by atoms with Gasteiger partial charge in [-0.2, -0.15) is 0 Å². The van der Waals surface area contributed by atoms with E-state index < -0.39 is 0 Å². The molecule has 2 aliphatic rings. The van der Waals surface area contributed by atoms with E-state index >= 15 is 0 Å². The van der Waals surface area contributed by atoms with Gasteiger partial charge in [-0.3, -0.25) is 9.69 Å². The Hall–Kier alpha value is -1.35. The number of hydrogen-bond donors (Lipinski definition) is 0. The summed E-state index contributed by atoms with van der Waals surface area (Å²) in [5.74, 6) is 0.268. The van der Waals surface area contributed by atoms with Crippen molar-refractivity contribution >= 4 is 11.6 Å². The maximum Gasteiger partial charge on any atom is 0.241 e. The van der Waals surface area contributed by atoms with Gasteiger partial charge in [0.2, 0.25) is 5.91 Å². The Morgan fingerprint density at radius 1 is 1.15 bits per heavy atom. The Balaban J connectivity index is 1.70. The highest BCUT2D eigenvalue weighted by Gasteiger charge is 2.31. The molecule has 0 aliphatic carbocycles. The third-order valence-electron chi connectivity index (χ3n) is 4.53. The van der Waals surface area contributed by atoms with Gasteiger partial charge in [-0.1, -0.05) is 31.0 Å². The van der Waals surface area contributed by atoms with Crippen molar-refractivity contribution in [3.8, 4) is 0 Å². The maximum absolute atomic E-state index is 12.7. The van der Waals surface area contributed by atoms with Crippen LogP contribution in [0.1, 0.15) is 38.2 Å².